The van der Waals surface area contributed by atoms with Crippen LogP contribution in [0.15, 0.2) is 53.9 Å². The Kier molecular flexibility index (Phi) is 6.51. The molecule has 6 nitrogen and oxygen atoms in total. The molecule has 0 radical (unpaired) electrons. The van der Waals surface area contributed by atoms with Crippen molar-refractivity contribution in [3.8, 4) is 5.75 Å². The summed E-state index contributed by atoms with van der Waals surface area (Å²) >= 11 is 0. The standard InChI is InChI=1S/C17H20FN3O3/c1-3-15(11-19-2)23-12-14-10-20-8-9-21(14)17(22)24-16-6-4-13(18)5-7-16/h3-7,11,14,20H,1-2,8-10,12H2/b15-11+. The van der Waals surface area contributed by atoms with Crippen molar-refractivity contribution in [2.45, 2.75) is 6.04 Å². The molecule has 0 aromatic heterocycles. The highest BCUT2D eigenvalue weighted by Crippen LogP contribution is 2.15. The molecule has 0 spiro atoms. The number of hydrogen-bond donors (Lipinski definition) is 1. The summed E-state index contributed by atoms with van der Waals surface area (Å²) in [7, 11) is 0. The van der Waals surface area contributed by atoms with Crippen LogP contribution in [0.25, 0.3) is 0 Å². The Balaban J connectivity index is 1.98. The lowest BCUT2D eigenvalue weighted by Gasteiger charge is -2.35. The molecule has 24 heavy (non-hydrogen) atoms. The van der Waals surface area contributed by atoms with E-state index in [2.05, 4.69) is 23.6 Å². The summed E-state index contributed by atoms with van der Waals surface area (Å²) in [6.45, 7) is 8.97. The molecule has 128 valence electrons. The van der Waals surface area contributed by atoms with E-state index in [0.29, 0.717) is 31.1 Å². The van der Waals surface area contributed by atoms with E-state index < -0.39 is 6.09 Å². The first kappa shape index (κ1) is 17.7. The Labute approximate surface area is 140 Å². The number of aliphatic imine (C=N–C) groups is 1. The molecule has 1 fully saturated rings. The number of allylic oxidation sites excluding steroid dienone is 1. The van der Waals surface area contributed by atoms with Gasteiger partial charge >= 0.3 is 6.09 Å². The van der Waals surface area contributed by atoms with E-state index in [-0.39, 0.29) is 18.5 Å². The van der Waals surface area contributed by atoms with E-state index in [1.807, 2.05) is 0 Å². The molecule has 1 amide bonds. The Morgan fingerprint density at radius 3 is 2.88 bits per heavy atom. The van der Waals surface area contributed by atoms with Crippen LogP contribution in [0, 0.1) is 5.82 Å². The van der Waals surface area contributed by atoms with Gasteiger partial charge in [0.1, 0.15) is 23.9 Å². The van der Waals surface area contributed by atoms with Crippen LogP contribution in [-0.2, 0) is 4.74 Å². The second-order valence-corrected chi connectivity index (χ2v) is 5.10. The van der Waals surface area contributed by atoms with Crippen molar-refractivity contribution < 1.29 is 18.7 Å². The average molecular weight is 333 g/mol. The highest BCUT2D eigenvalue weighted by atomic mass is 19.1. The maximum Gasteiger partial charge on any atom is 0.415 e. The van der Waals surface area contributed by atoms with Gasteiger partial charge in [0.15, 0.2) is 0 Å². The summed E-state index contributed by atoms with van der Waals surface area (Å²) < 4.78 is 23.8. The molecule has 1 aliphatic rings. The normalized spacial score (nSPS) is 18.0. The summed E-state index contributed by atoms with van der Waals surface area (Å²) in [5.74, 6) is 0.382. The minimum absolute atomic E-state index is 0.208. The van der Waals surface area contributed by atoms with Crippen LogP contribution in [0.3, 0.4) is 0 Å². The monoisotopic (exact) mass is 333 g/mol. The molecule has 1 aliphatic heterocycles. The van der Waals surface area contributed by atoms with E-state index in [9.17, 15) is 9.18 Å². The van der Waals surface area contributed by atoms with E-state index in [4.69, 9.17) is 9.47 Å². The van der Waals surface area contributed by atoms with Gasteiger partial charge in [-0.25, -0.2) is 9.18 Å². The van der Waals surface area contributed by atoms with Crippen LogP contribution >= 0.6 is 0 Å². The van der Waals surface area contributed by atoms with Crippen molar-refractivity contribution in [1.29, 1.82) is 0 Å². The molecule has 1 N–H and O–H groups in total. The van der Waals surface area contributed by atoms with Gasteiger partial charge in [-0.3, -0.25) is 9.89 Å². The van der Waals surface area contributed by atoms with Crippen molar-refractivity contribution in [3.63, 3.8) is 0 Å². The van der Waals surface area contributed by atoms with Gasteiger partial charge in [-0.2, -0.15) is 0 Å². The lowest BCUT2D eigenvalue weighted by molar-refractivity contribution is 0.0784. The number of ether oxygens (including phenoxy) is 2. The highest BCUT2D eigenvalue weighted by molar-refractivity contribution is 5.71. The molecule has 2 rings (SSSR count). The largest absolute Gasteiger partial charge is 0.490 e. The zero-order chi connectivity index (χ0) is 17.4. The number of halogens is 1. The highest BCUT2D eigenvalue weighted by Gasteiger charge is 2.28. The first-order valence-electron chi connectivity index (χ1n) is 7.50. The first-order chi connectivity index (χ1) is 11.6. The number of nitrogens with zero attached hydrogens (tertiary/aromatic N) is 2. The van der Waals surface area contributed by atoms with E-state index in [1.54, 1.807) is 4.90 Å². The molecule has 1 aromatic rings. The number of carbonyl (C=O) groups excluding carboxylic acids is 1. The van der Waals surface area contributed by atoms with Gasteiger partial charge in [-0.15, -0.1) is 0 Å². The van der Waals surface area contributed by atoms with Crippen LogP contribution < -0.4 is 10.1 Å². The average Bonchev–Trinajstić information content (AvgIpc) is 2.60. The molecule has 7 heteroatoms. The van der Waals surface area contributed by atoms with Gasteiger partial charge in [0.05, 0.1) is 12.2 Å². The fraction of sp³-hybridized carbons (Fsp3) is 0.294. The lowest BCUT2D eigenvalue weighted by atomic mass is 10.2. The van der Waals surface area contributed by atoms with E-state index in [1.165, 1.54) is 36.5 Å². The van der Waals surface area contributed by atoms with Gasteiger partial charge in [0.2, 0.25) is 0 Å². The van der Waals surface area contributed by atoms with Crippen molar-refractivity contribution >= 4 is 12.8 Å². The van der Waals surface area contributed by atoms with E-state index in [0.717, 1.165) is 0 Å². The summed E-state index contributed by atoms with van der Waals surface area (Å²) in [5, 5.41) is 3.20. The minimum Gasteiger partial charge on any atom is -0.490 e. The second-order valence-electron chi connectivity index (χ2n) is 5.10. The molecule has 0 aliphatic carbocycles. The summed E-state index contributed by atoms with van der Waals surface area (Å²) in [6, 6.07) is 5.10. The smallest absolute Gasteiger partial charge is 0.415 e. The molecule has 0 bridgehead atoms. The fourth-order valence-electron chi connectivity index (χ4n) is 2.24. The predicted octanol–water partition coefficient (Wildman–Crippen LogP) is 2.34. The van der Waals surface area contributed by atoms with Gasteiger partial charge in [0, 0.05) is 19.6 Å². The Morgan fingerprint density at radius 2 is 2.21 bits per heavy atom. The third-order valence-electron chi connectivity index (χ3n) is 3.47. The molecule has 1 atom stereocenters. The number of hydrogen-bond acceptors (Lipinski definition) is 5. The van der Waals surface area contributed by atoms with Gasteiger partial charge in [-0.1, -0.05) is 6.58 Å². The third-order valence-corrected chi connectivity index (χ3v) is 3.47. The maximum atomic E-state index is 12.9. The Hall–Kier alpha value is -2.67. The number of nitrogens with one attached hydrogen (secondary N) is 1. The van der Waals surface area contributed by atoms with E-state index >= 15 is 0 Å². The quantitative estimate of drug-likeness (QED) is 0.493. The zero-order valence-electron chi connectivity index (χ0n) is 13.3. The van der Waals surface area contributed by atoms with Crippen LogP contribution in [0.1, 0.15) is 0 Å². The number of rotatable bonds is 6. The first-order valence-corrected chi connectivity index (χ1v) is 7.50. The molecule has 1 aromatic carbocycles. The molecule has 0 saturated carbocycles. The molecular weight excluding hydrogens is 313 g/mol. The van der Waals surface area contributed by atoms with Crippen molar-refractivity contribution in [1.82, 2.24) is 10.2 Å². The Morgan fingerprint density at radius 1 is 1.46 bits per heavy atom. The third kappa shape index (κ3) is 4.92. The maximum absolute atomic E-state index is 12.9. The Bertz CT molecular complexity index is 616. The SMILES string of the molecule is C=C/C(=C\N=C)OCC1CNCCN1C(=O)Oc1ccc(F)cc1. The summed E-state index contributed by atoms with van der Waals surface area (Å²) in [5.41, 5.74) is 0. The van der Waals surface area contributed by atoms with Crippen LogP contribution in [0.2, 0.25) is 0 Å². The van der Waals surface area contributed by atoms with Gasteiger partial charge in [0.25, 0.3) is 0 Å². The number of amides is 1. The van der Waals surface area contributed by atoms with Crippen LogP contribution in [0.5, 0.6) is 5.75 Å². The van der Waals surface area contributed by atoms with Gasteiger partial charge in [-0.05, 0) is 37.1 Å². The number of benzene rings is 1. The number of piperazine rings is 1. The summed E-state index contributed by atoms with van der Waals surface area (Å²) in [4.78, 5) is 17.6. The second kappa shape index (κ2) is 8.83. The molecule has 1 heterocycles. The van der Waals surface area contributed by atoms with Gasteiger partial charge < -0.3 is 14.8 Å². The molecular formula is C17H20FN3O3. The fourth-order valence-corrected chi connectivity index (χ4v) is 2.24. The minimum atomic E-state index is -0.498. The lowest BCUT2D eigenvalue weighted by Crippen LogP contribution is -2.56. The van der Waals surface area contributed by atoms with Crippen molar-refractivity contribution in [3.05, 3.63) is 54.7 Å². The van der Waals surface area contributed by atoms with Crippen molar-refractivity contribution in [2.75, 3.05) is 26.2 Å². The van der Waals surface area contributed by atoms with Crippen molar-refractivity contribution in [2.24, 2.45) is 4.99 Å². The predicted molar refractivity (Wildman–Crippen MR) is 89.6 cm³/mol. The summed E-state index contributed by atoms with van der Waals surface area (Å²) in [6.07, 6.45) is 2.47. The zero-order valence-corrected chi connectivity index (χ0v) is 13.3. The van der Waals surface area contributed by atoms with Crippen LogP contribution in [-0.4, -0.2) is 50.0 Å². The van der Waals surface area contributed by atoms with Crippen LogP contribution in [0.4, 0.5) is 9.18 Å². The molecule has 1 saturated heterocycles. The molecule has 1 unspecified atom stereocenters. The number of carbonyl (C=O) groups is 1. The topological polar surface area (TPSA) is 63.2 Å².